The highest BCUT2D eigenvalue weighted by Gasteiger charge is 2.11. The zero-order valence-corrected chi connectivity index (χ0v) is 16.3. The van der Waals surface area contributed by atoms with Gasteiger partial charge >= 0.3 is 5.97 Å². The molecule has 8 nitrogen and oxygen atoms in total. The second-order valence-electron chi connectivity index (χ2n) is 6.69. The number of benzene rings is 2. The third kappa shape index (κ3) is 5.71. The lowest BCUT2D eigenvalue weighted by Gasteiger charge is -2.08. The Hall–Kier alpha value is -4.07. The lowest BCUT2D eigenvalue weighted by atomic mass is 10.1. The molecule has 0 saturated carbocycles. The molecule has 0 aliphatic heterocycles. The minimum absolute atomic E-state index is 0.0405. The van der Waals surface area contributed by atoms with Gasteiger partial charge in [0.05, 0.1) is 12.0 Å². The molecule has 3 aromatic rings. The SMILES string of the molecule is Cc1cccc(CNC(=O)c2cc(NC(=O)Cc3ccc(C(=O)O)cc3)ncn2)c1. The molecule has 0 spiro atoms. The van der Waals surface area contributed by atoms with E-state index in [4.69, 9.17) is 5.11 Å². The Morgan fingerprint density at radius 2 is 1.73 bits per heavy atom. The van der Waals surface area contributed by atoms with E-state index in [-0.39, 0.29) is 35.3 Å². The number of aryl methyl sites for hydroxylation is 1. The van der Waals surface area contributed by atoms with E-state index in [1.807, 2.05) is 31.2 Å². The van der Waals surface area contributed by atoms with E-state index in [1.54, 1.807) is 12.1 Å². The van der Waals surface area contributed by atoms with Crippen molar-refractivity contribution >= 4 is 23.6 Å². The van der Waals surface area contributed by atoms with Gasteiger partial charge in [0.25, 0.3) is 5.91 Å². The van der Waals surface area contributed by atoms with Gasteiger partial charge in [0.2, 0.25) is 5.91 Å². The van der Waals surface area contributed by atoms with Gasteiger partial charge in [-0.2, -0.15) is 0 Å². The van der Waals surface area contributed by atoms with Crippen molar-refractivity contribution < 1.29 is 19.5 Å². The van der Waals surface area contributed by atoms with Crippen LogP contribution in [0, 0.1) is 6.92 Å². The lowest BCUT2D eigenvalue weighted by molar-refractivity contribution is -0.115. The number of carboxylic acid groups (broad SMARTS) is 1. The predicted octanol–water partition coefficient (Wildman–Crippen LogP) is 2.59. The van der Waals surface area contributed by atoms with E-state index in [0.717, 1.165) is 11.1 Å². The Morgan fingerprint density at radius 3 is 2.43 bits per heavy atom. The van der Waals surface area contributed by atoms with Crippen molar-refractivity contribution in [3.05, 3.63) is 88.9 Å². The third-order valence-electron chi connectivity index (χ3n) is 4.27. The maximum atomic E-state index is 12.4. The van der Waals surface area contributed by atoms with Crippen LogP contribution >= 0.6 is 0 Å². The molecule has 0 aliphatic carbocycles. The largest absolute Gasteiger partial charge is 0.478 e. The molecule has 2 amide bonds. The monoisotopic (exact) mass is 404 g/mol. The first-order valence-electron chi connectivity index (χ1n) is 9.18. The van der Waals surface area contributed by atoms with Crippen molar-refractivity contribution in [3.63, 3.8) is 0 Å². The van der Waals surface area contributed by atoms with Gasteiger partial charge in [-0.05, 0) is 30.2 Å². The first kappa shape index (κ1) is 20.7. The Morgan fingerprint density at radius 1 is 0.967 bits per heavy atom. The Balaban J connectivity index is 1.58. The number of anilines is 1. The molecule has 3 rings (SSSR count). The Labute approximate surface area is 173 Å². The molecule has 152 valence electrons. The van der Waals surface area contributed by atoms with Crippen molar-refractivity contribution in [1.82, 2.24) is 15.3 Å². The van der Waals surface area contributed by atoms with Gasteiger partial charge in [-0.15, -0.1) is 0 Å². The number of amides is 2. The zero-order chi connectivity index (χ0) is 21.5. The topological polar surface area (TPSA) is 121 Å². The zero-order valence-electron chi connectivity index (χ0n) is 16.3. The van der Waals surface area contributed by atoms with E-state index in [2.05, 4.69) is 20.6 Å². The minimum atomic E-state index is -1.03. The van der Waals surface area contributed by atoms with Gasteiger partial charge in [-0.3, -0.25) is 9.59 Å². The van der Waals surface area contributed by atoms with Crippen LogP contribution in [0.2, 0.25) is 0 Å². The average molecular weight is 404 g/mol. The van der Waals surface area contributed by atoms with Gasteiger partial charge in [0, 0.05) is 12.6 Å². The van der Waals surface area contributed by atoms with E-state index < -0.39 is 5.97 Å². The predicted molar refractivity (Wildman–Crippen MR) is 110 cm³/mol. The standard InChI is InChI=1S/C22H20N4O4/c1-14-3-2-4-16(9-14)12-23-21(28)18-11-19(25-13-24-18)26-20(27)10-15-5-7-17(8-6-15)22(29)30/h2-9,11,13H,10,12H2,1H3,(H,23,28)(H,29,30)(H,24,25,26,27). The Kier molecular flexibility index (Phi) is 6.49. The van der Waals surface area contributed by atoms with Crippen molar-refractivity contribution in [2.75, 3.05) is 5.32 Å². The number of hydrogen-bond acceptors (Lipinski definition) is 5. The summed E-state index contributed by atoms with van der Waals surface area (Å²) in [6.45, 7) is 2.34. The van der Waals surface area contributed by atoms with Gasteiger partial charge in [-0.25, -0.2) is 14.8 Å². The first-order chi connectivity index (χ1) is 14.4. The summed E-state index contributed by atoms with van der Waals surface area (Å²) in [5.74, 6) is -1.54. The van der Waals surface area contributed by atoms with Crippen LogP contribution in [-0.4, -0.2) is 32.9 Å². The van der Waals surface area contributed by atoms with Crippen molar-refractivity contribution in [3.8, 4) is 0 Å². The lowest BCUT2D eigenvalue weighted by Crippen LogP contribution is -2.24. The van der Waals surface area contributed by atoms with Gasteiger partial charge < -0.3 is 15.7 Å². The molecule has 3 N–H and O–H groups in total. The fraction of sp³-hybridized carbons (Fsp3) is 0.136. The molecule has 0 aliphatic rings. The van der Waals surface area contributed by atoms with Crippen LogP contribution in [0.3, 0.4) is 0 Å². The molecule has 0 atom stereocenters. The summed E-state index contributed by atoms with van der Waals surface area (Å²) in [6.07, 6.45) is 1.25. The summed E-state index contributed by atoms with van der Waals surface area (Å²) < 4.78 is 0. The number of rotatable bonds is 7. The molecule has 2 aromatic carbocycles. The number of nitrogens with zero attached hydrogens (tertiary/aromatic N) is 2. The van der Waals surface area contributed by atoms with Crippen molar-refractivity contribution in [2.24, 2.45) is 0 Å². The van der Waals surface area contributed by atoms with E-state index >= 15 is 0 Å². The highest BCUT2D eigenvalue weighted by Crippen LogP contribution is 2.09. The van der Waals surface area contributed by atoms with E-state index in [0.29, 0.717) is 12.1 Å². The molecular weight excluding hydrogens is 384 g/mol. The number of aromatic nitrogens is 2. The maximum absolute atomic E-state index is 12.4. The Bertz CT molecular complexity index is 1080. The fourth-order valence-electron chi connectivity index (χ4n) is 2.78. The molecule has 0 radical (unpaired) electrons. The second kappa shape index (κ2) is 9.42. The van der Waals surface area contributed by atoms with Crippen LogP contribution in [0.1, 0.15) is 37.5 Å². The number of carboxylic acids is 1. The third-order valence-corrected chi connectivity index (χ3v) is 4.27. The molecular formula is C22H20N4O4. The molecule has 30 heavy (non-hydrogen) atoms. The number of carbonyl (C=O) groups is 3. The molecule has 0 saturated heterocycles. The molecule has 0 unspecified atom stereocenters. The second-order valence-corrected chi connectivity index (χ2v) is 6.69. The summed E-state index contributed by atoms with van der Waals surface area (Å²) in [5.41, 5.74) is 3.02. The number of aromatic carboxylic acids is 1. The van der Waals surface area contributed by atoms with Crippen molar-refractivity contribution in [2.45, 2.75) is 19.9 Å². The highest BCUT2D eigenvalue weighted by molar-refractivity contribution is 5.95. The fourth-order valence-corrected chi connectivity index (χ4v) is 2.78. The van der Waals surface area contributed by atoms with Gasteiger partial charge in [0.15, 0.2) is 0 Å². The van der Waals surface area contributed by atoms with E-state index in [9.17, 15) is 14.4 Å². The summed E-state index contributed by atoms with van der Waals surface area (Å²) in [4.78, 5) is 43.4. The van der Waals surface area contributed by atoms with Crippen molar-refractivity contribution in [1.29, 1.82) is 0 Å². The molecule has 0 fully saturated rings. The highest BCUT2D eigenvalue weighted by atomic mass is 16.4. The smallest absolute Gasteiger partial charge is 0.335 e. The average Bonchev–Trinajstić information content (AvgIpc) is 2.72. The van der Waals surface area contributed by atoms with Crippen LogP contribution < -0.4 is 10.6 Å². The van der Waals surface area contributed by atoms with Gasteiger partial charge in [-0.1, -0.05) is 42.0 Å². The van der Waals surface area contributed by atoms with Crippen LogP contribution in [0.15, 0.2) is 60.9 Å². The number of hydrogen-bond donors (Lipinski definition) is 3. The minimum Gasteiger partial charge on any atom is -0.478 e. The quantitative estimate of drug-likeness (QED) is 0.557. The summed E-state index contributed by atoms with van der Waals surface area (Å²) in [5, 5.41) is 14.3. The van der Waals surface area contributed by atoms with Crippen LogP contribution in [0.4, 0.5) is 5.82 Å². The maximum Gasteiger partial charge on any atom is 0.335 e. The van der Waals surface area contributed by atoms with Crippen LogP contribution in [0.5, 0.6) is 0 Å². The summed E-state index contributed by atoms with van der Waals surface area (Å²) in [7, 11) is 0. The molecule has 8 heteroatoms. The number of nitrogens with one attached hydrogen (secondary N) is 2. The molecule has 1 aromatic heterocycles. The van der Waals surface area contributed by atoms with E-state index in [1.165, 1.54) is 24.5 Å². The molecule has 0 bridgehead atoms. The normalized spacial score (nSPS) is 10.3. The van der Waals surface area contributed by atoms with Crippen LogP contribution in [-0.2, 0) is 17.8 Å². The number of carbonyl (C=O) groups excluding carboxylic acids is 2. The summed E-state index contributed by atoms with van der Waals surface area (Å²) in [6, 6.07) is 15.2. The molecule has 1 heterocycles. The first-order valence-corrected chi connectivity index (χ1v) is 9.18. The van der Waals surface area contributed by atoms with Crippen LogP contribution in [0.25, 0.3) is 0 Å². The van der Waals surface area contributed by atoms with Gasteiger partial charge in [0.1, 0.15) is 17.8 Å². The summed E-state index contributed by atoms with van der Waals surface area (Å²) >= 11 is 0.